The number of ether oxygens (including phenoxy) is 1. The summed E-state index contributed by atoms with van der Waals surface area (Å²) in [5, 5.41) is 0.917. The number of nitrogens with zero attached hydrogens (tertiary/aromatic N) is 1. The highest BCUT2D eigenvalue weighted by molar-refractivity contribution is 9.08. The van der Waals surface area contributed by atoms with E-state index in [1.807, 2.05) is 0 Å². The van der Waals surface area contributed by atoms with Crippen LogP contribution in [0.2, 0.25) is 0 Å². The van der Waals surface area contributed by atoms with Gasteiger partial charge >= 0.3 is 0 Å². The van der Waals surface area contributed by atoms with E-state index in [0.717, 1.165) is 18.4 Å². The number of likely N-dealkylation sites (N-methyl/N-ethyl adjacent to an activating group) is 1. The molecule has 1 aromatic carbocycles. The molecular formula is C13H18BrNO. The van der Waals surface area contributed by atoms with Crippen LogP contribution in [0.25, 0.3) is 0 Å². The van der Waals surface area contributed by atoms with E-state index in [4.69, 9.17) is 4.74 Å². The van der Waals surface area contributed by atoms with E-state index < -0.39 is 0 Å². The van der Waals surface area contributed by atoms with Crippen LogP contribution < -0.4 is 4.90 Å². The molecule has 0 N–H and O–H groups in total. The summed E-state index contributed by atoms with van der Waals surface area (Å²) in [4.78, 5) is 2.33. The van der Waals surface area contributed by atoms with Crippen LogP contribution in [0.3, 0.4) is 0 Å². The predicted octanol–water partition coefficient (Wildman–Crippen LogP) is 3.20. The molecule has 3 heteroatoms. The van der Waals surface area contributed by atoms with Crippen molar-refractivity contribution in [1.82, 2.24) is 0 Å². The molecule has 1 heterocycles. The molecule has 0 aliphatic carbocycles. The topological polar surface area (TPSA) is 12.5 Å². The van der Waals surface area contributed by atoms with Crippen molar-refractivity contribution < 1.29 is 4.74 Å². The first-order chi connectivity index (χ1) is 7.72. The first-order valence-corrected chi connectivity index (χ1v) is 6.84. The van der Waals surface area contributed by atoms with Crippen molar-refractivity contribution in [2.24, 2.45) is 0 Å². The summed E-state index contributed by atoms with van der Waals surface area (Å²) >= 11 is 3.46. The summed E-state index contributed by atoms with van der Waals surface area (Å²) in [5.41, 5.74) is 2.58. The van der Waals surface area contributed by atoms with E-state index in [0.29, 0.717) is 12.1 Å². The Labute approximate surface area is 106 Å². The van der Waals surface area contributed by atoms with Crippen molar-refractivity contribution in [3.8, 4) is 0 Å². The standard InChI is InChI=1S/C13H18BrNO/c1-10-13(7-8-16-10)15(2)12-5-3-11(9-14)4-6-12/h3-6,10,13H,7-9H2,1-2H3. The first kappa shape index (κ1) is 11.9. The Bertz CT molecular complexity index is 338. The third-order valence-electron chi connectivity index (χ3n) is 3.33. The third-order valence-corrected chi connectivity index (χ3v) is 3.98. The molecule has 0 aromatic heterocycles. The highest BCUT2D eigenvalue weighted by atomic mass is 79.9. The van der Waals surface area contributed by atoms with Gasteiger partial charge in [-0.25, -0.2) is 0 Å². The van der Waals surface area contributed by atoms with Crippen molar-refractivity contribution in [2.45, 2.75) is 30.8 Å². The molecule has 0 amide bonds. The second kappa shape index (κ2) is 5.19. The SMILES string of the molecule is CC1OCCC1N(C)c1ccc(CBr)cc1. The molecule has 2 rings (SSSR count). The molecule has 0 spiro atoms. The summed E-state index contributed by atoms with van der Waals surface area (Å²) in [6, 6.07) is 9.21. The largest absolute Gasteiger partial charge is 0.376 e. The van der Waals surface area contributed by atoms with Crippen molar-refractivity contribution in [3.63, 3.8) is 0 Å². The van der Waals surface area contributed by atoms with Crippen LogP contribution in [0.15, 0.2) is 24.3 Å². The Morgan fingerprint density at radius 2 is 2.06 bits per heavy atom. The molecule has 88 valence electrons. The monoisotopic (exact) mass is 283 g/mol. The maximum atomic E-state index is 5.60. The zero-order valence-electron chi connectivity index (χ0n) is 9.82. The number of hydrogen-bond acceptors (Lipinski definition) is 2. The highest BCUT2D eigenvalue weighted by Crippen LogP contribution is 2.24. The Morgan fingerprint density at radius 3 is 2.56 bits per heavy atom. The minimum absolute atomic E-state index is 0.334. The molecule has 0 radical (unpaired) electrons. The average molecular weight is 284 g/mol. The van der Waals surface area contributed by atoms with Gasteiger partial charge in [-0.3, -0.25) is 0 Å². The lowest BCUT2D eigenvalue weighted by molar-refractivity contribution is 0.118. The van der Waals surface area contributed by atoms with Gasteiger partial charge in [-0.05, 0) is 31.0 Å². The fourth-order valence-corrected chi connectivity index (χ4v) is 2.61. The first-order valence-electron chi connectivity index (χ1n) is 5.71. The number of halogens is 1. The third kappa shape index (κ3) is 2.41. The molecule has 2 atom stereocenters. The molecule has 0 bridgehead atoms. The molecule has 1 aliphatic rings. The van der Waals surface area contributed by atoms with E-state index in [1.54, 1.807) is 0 Å². The van der Waals surface area contributed by atoms with E-state index in [9.17, 15) is 0 Å². The minimum Gasteiger partial charge on any atom is -0.376 e. The van der Waals surface area contributed by atoms with Crippen LogP contribution in [0.5, 0.6) is 0 Å². The van der Waals surface area contributed by atoms with Crippen LogP contribution >= 0.6 is 15.9 Å². The quantitative estimate of drug-likeness (QED) is 0.790. The van der Waals surface area contributed by atoms with Gasteiger partial charge in [-0.15, -0.1) is 0 Å². The maximum Gasteiger partial charge on any atom is 0.0750 e. The van der Waals surface area contributed by atoms with Crippen LogP contribution in [-0.4, -0.2) is 25.8 Å². The average Bonchev–Trinajstić information content (AvgIpc) is 2.75. The van der Waals surface area contributed by atoms with Gasteiger partial charge in [-0.1, -0.05) is 28.1 Å². The lowest BCUT2D eigenvalue weighted by atomic mass is 10.1. The fourth-order valence-electron chi connectivity index (χ4n) is 2.24. The van der Waals surface area contributed by atoms with Crippen molar-refractivity contribution in [1.29, 1.82) is 0 Å². The lowest BCUT2D eigenvalue weighted by Crippen LogP contribution is -2.36. The predicted molar refractivity (Wildman–Crippen MR) is 71.3 cm³/mol. The summed E-state index contributed by atoms with van der Waals surface area (Å²) < 4.78 is 5.60. The number of benzene rings is 1. The number of anilines is 1. The van der Waals surface area contributed by atoms with Gasteiger partial charge in [0.05, 0.1) is 12.1 Å². The van der Waals surface area contributed by atoms with E-state index in [1.165, 1.54) is 11.3 Å². The number of alkyl halides is 1. The lowest BCUT2D eigenvalue weighted by Gasteiger charge is -2.28. The van der Waals surface area contributed by atoms with Gasteiger partial charge in [0.15, 0.2) is 0 Å². The second-order valence-electron chi connectivity index (χ2n) is 4.34. The van der Waals surface area contributed by atoms with Crippen LogP contribution in [0, 0.1) is 0 Å². The second-order valence-corrected chi connectivity index (χ2v) is 4.90. The van der Waals surface area contributed by atoms with Crippen molar-refractivity contribution in [3.05, 3.63) is 29.8 Å². The zero-order valence-corrected chi connectivity index (χ0v) is 11.4. The van der Waals surface area contributed by atoms with Gasteiger partial charge in [0.2, 0.25) is 0 Å². The molecule has 2 unspecified atom stereocenters. The van der Waals surface area contributed by atoms with Gasteiger partial charge in [0, 0.05) is 24.7 Å². The van der Waals surface area contributed by atoms with Gasteiger partial charge in [0.1, 0.15) is 0 Å². The molecule has 1 saturated heterocycles. The van der Waals surface area contributed by atoms with Gasteiger partial charge in [0.25, 0.3) is 0 Å². The molecule has 1 fully saturated rings. The molecular weight excluding hydrogens is 266 g/mol. The molecule has 2 nitrogen and oxygen atoms in total. The van der Waals surface area contributed by atoms with Gasteiger partial charge < -0.3 is 9.64 Å². The Balaban J connectivity index is 2.10. The summed E-state index contributed by atoms with van der Waals surface area (Å²) in [5.74, 6) is 0. The summed E-state index contributed by atoms with van der Waals surface area (Å²) in [6.07, 6.45) is 1.46. The molecule has 1 aliphatic heterocycles. The number of hydrogen-bond donors (Lipinski definition) is 0. The number of rotatable bonds is 3. The Kier molecular flexibility index (Phi) is 3.87. The molecule has 0 saturated carbocycles. The summed E-state index contributed by atoms with van der Waals surface area (Å²) in [6.45, 7) is 3.04. The van der Waals surface area contributed by atoms with Crippen LogP contribution in [0.4, 0.5) is 5.69 Å². The highest BCUT2D eigenvalue weighted by Gasteiger charge is 2.27. The van der Waals surface area contributed by atoms with Crippen LogP contribution in [0.1, 0.15) is 18.9 Å². The van der Waals surface area contributed by atoms with E-state index in [-0.39, 0.29) is 0 Å². The normalized spacial score (nSPS) is 24.7. The Hall–Kier alpha value is -0.540. The van der Waals surface area contributed by atoms with Crippen molar-refractivity contribution >= 4 is 21.6 Å². The van der Waals surface area contributed by atoms with Crippen LogP contribution in [-0.2, 0) is 10.1 Å². The smallest absolute Gasteiger partial charge is 0.0750 e. The Morgan fingerprint density at radius 1 is 1.38 bits per heavy atom. The van der Waals surface area contributed by atoms with E-state index >= 15 is 0 Å². The van der Waals surface area contributed by atoms with Crippen molar-refractivity contribution in [2.75, 3.05) is 18.6 Å². The van der Waals surface area contributed by atoms with E-state index in [2.05, 4.69) is 59.1 Å². The fraction of sp³-hybridized carbons (Fsp3) is 0.538. The zero-order chi connectivity index (χ0) is 11.5. The van der Waals surface area contributed by atoms with Gasteiger partial charge in [-0.2, -0.15) is 0 Å². The molecule has 1 aromatic rings. The molecule has 16 heavy (non-hydrogen) atoms. The maximum absolute atomic E-state index is 5.60. The summed E-state index contributed by atoms with van der Waals surface area (Å²) in [7, 11) is 2.15. The minimum atomic E-state index is 0.334.